The highest BCUT2D eigenvalue weighted by molar-refractivity contribution is 6.00. The molecule has 2 aromatic carbocycles. The summed E-state index contributed by atoms with van der Waals surface area (Å²) in [6, 6.07) is 13.6. The number of rotatable bonds is 1. The van der Waals surface area contributed by atoms with Gasteiger partial charge < -0.3 is 10.1 Å². The molecule has 0 aromatic heterocycles. The van der Waals surface area contributed by atoms with Crippen molar-refractivity contribution in [2.24, 2.45) is 0 Å². The maximum atomic E-state index is 11.8. The summed E-state index contributed by atoms with van der Waals surface area (Å²) in [5, 5.41) is 2.93. The molecule has 0 fully saturated rings. The summed E-state index contributed by atoms with van der Waals surface area (Å²) in [5.41, 5.74) is 3.98. The van der Waals surface area contributed by atoms with Crippen LogP contribution in [-0.2, 0) is 11.2 Å². The molecule has 3 rings (SSSR count). The lowest BCUT2D eigenvalue weighted by atomic mass is 9.97. The summed E-state index contributed by atoms with van der Waals surface area (Å²) in [6.07, 6.45) is 0.397. The van der Waals surface area contributed by atoms with Crippen molar-refractivity contribution in [3.05, 3.63) is 48.0 Å². The number of carbonyl (C=O) groups excluding carboxylic acids is 1. The van der Waals surface area contributed by atoms with Crippen molar-refractivity contribution in [2.75, 3.05) is 12.4 Å². The largest absolute Gasteiger partial charge is 0.497 e. The topological polar surface area (TPSA) is 38.3 Å². The monoisotopic (exact) mass is 239 g/mol. The van der Waals surface area contributed by atoms with Gasteiger partial charge in [-0.2, -0.15) is 0 Å². The predicted molar refractivity (Wildman–Crippen MR) is 70.8 cm³/mol. The van der Waals surface area contributed by atoms with Gasteiger partial charge in [-0.05, 0) is 29.3 Å². The third-order valence-electron chi connectivity index (χ3n) is 3.16. The Morgan fingerprint density at radius 2 is 1.94 bits per heavy atom. The van der Waals surface area contributed by atoms with Crippen LogP contribution in [0.4, 0.5) is 5.69 Å². The normalized spacial score (nSPS) is 13.1. The van der Waals surface area contributed by atoms with E-state index >= 15 is 0 Å². The van der Waals surface area contributed by atoms with Gasteiger partial charge in [-0.3, -0.25) is 4.79 Å². The second kappa shape index (κ2) is 4.18. The van der Waals surface area contributed by atoms with Crippen molar-refractivity contribution >= 4 is 11.6 Å². The van der Waals surface area contributed by atoms with E-state index in [2.05, 4.69) is 5.32 Å². The molecule has 0 atom stereocenters. The van der Waals surface area contributed by atoms with Crippen molar-refractivity contribution in [2.45, 2.75) is 6.42 Å². The van der Waals surface area contributed by atoms with Crippen molar-refractivity contribution in [3.63, 3.8) is 0 Å². The minimum atomic E-state index is 0.0198. The Hall–Kier alpha value is -2.29. The summed E-state index contributed by atoms with van der Waals surface area (Å²) in [6.45, 7) is 0. The fraction of sp³-hybridized carbons (Fsp3) is 0.133. The van der Waals surface area contributed by atoms with Gasteiger partial charge >= 0.3 is 0 Å². The molecule has 18 heavy (non-hydrogen) atoms. The van der Waals surface area contributed by atoms with Crippen molar-refractivity contribution in [1.82, 2.24) is 0 Å². The second-order valence-electron chi connectivity index (χ2n) is 4.29. The summed E-state index contributed by atoms with van der Waals surface area (Å²) in [4.78, 5) is 11.8. The smallest absolute Gasteiger partial charge is 0.228 e. The number of ether oxygens (including phenoxy) is 1. The zero-order chi connectivity index (χ0) is 12.5. The fourth-order valence-electron chi connectivity index (χ4n) is 2.28. The first kappa shape index (κ1) is 10.8. The molecule has 90 valence electrons. The molecule has 0 saturated heterocycles. The zero-order valence-electron chi connectivity index (χ0n) is 10.1. The van der Waals surface area contributed by atoms with Crippen LogP contribution in [0.5, 0.6) is 5.75 Å². The first-order chi connectivity index (χ1) is 8.78. The number of nitrogens with one attached hydrogen (secondary N) is 1. The lowest BCUT2D eigenvalue weighted by Gasteiger charge is -2.10. The van der Waals surface area contributed by atoms with Crippen LogP contribution in [0.2, 0.25) is 0 Å². The highest BCUT2D eigenvalue weighted by Gasteiger charge is 2.18. The Balaban J connectivity index is 2.26. The SMILES string of the molecule is COc1ccc2c(c1)-c1ccccc1NC(=O)C2. The predicted octanol–water partition coefficient (Wildman–Crippen LogP) is 2.86. The van der Waals surface area contributed by atoms with Crippen molar-refractivity contribution in [1.29, 1.82) is 0 Å². The summed E-state index contributed by atoms with van der Waals surface area (Å²) < 4.78 is 5.26. The number of methoxy groups -OCH3 is 1. The molecule has 1 amide bonds. The number of anilines is 1. The van der Waals surface area contributed by atoms with Gasteiger partial charge in [0.05, 0.1) is 13.5 Å². The summed E-state index contributed by atoms with van der Waals surface area (Å²) >= 11 is 0. The molecule has 1 heterocycles. The Morgan fingerprint density at radius 1 is 1.11 bits per heavy atom. The minimum Gasteiger partial charge on any atom is -0.497 e. The van der Waals surface area contributed by atoms with Crippen LogP contribution in [0.15, 0.2) is 42.5 Å². The standard InChI is InChI=1S/C15H13NO2/c1-18-11-7-6-10-8-15(17)16-14-5-3-2-4-12(14)13(10)9-11/h2-7,9H,8H2,1H3,(H,16,17). The number of hydrogen-bond donors (Lipinski definition) is 1. The number of carbonyl (C=O) groups is 1. The Morgan fingerprint density at radius 3 is 2.78 bits per heavy atom. The molecule has 0 aliphatic carbocycles. The number of hydrogen-bond acceptors (Lipinski definition) is 2. The van der Waals surface area contributed by atoms with Crippen LogP contribution in [0.3, 0.4) is 0 Å². The first-order valence-electron chi connectivity index (χ1n) is 5.84. The van der Waals surface area contributed by atoms with E-state index in [4.69, 9.17) is 4.74 Å². The minimum absolute atomic E-state index is 0.0198. The first-order valence-corrected chi connectivity index (χ1v) is 5.84. The molecule has 2 aromatic rings. The van der Waals surface area contributed by atoms with Crippen LogP contribution < -0.4 is 10.1 Å². The fourth-order valence-corrected chi connectivity index (χ4v) is 2.28. The van der Waals surface area contributed by atoms with E-state index in [9.17, 15) is 4.79 Å². The summed E-state index contributed by atoms with van der Waals surface area (Å²) in [7, 11) is 1.65. The summed E-state index contributed by atoms with van der Waals surface area (Å²) in [5.74, 6) is 0.823. The van der Waals surface area contributed by atoms with Gasteiger partial charge in [-0.25, -0.2) is 0 Å². The zero-order valence-corrected chi connectivity index (χ0v) is 10.1. The Kier molecular flexibility index (Phi) is 2.52. The third-order valence-corrected chi connectivity index (χ3v) is 3.16. The molecule has 1 N–H and O–H groups in total. The average molecular weight is 239 g/mol. The molecule has 1 aliphatic rings. The molecular weight excluding hydrogens is 226 g/mol. The highest BCUT2D eigenvalue weighted by atomic mass is 16.5. The number of benzene rings is 2. The van der Waals surface area contributed by atoms with Gasteiger partial charge in [0.25, 0.3) is 0 Å². The van der Waals surface area contributed by atoms with Gasteiger partial charge in [-0.1, -0.05) is 24.3 Å². The molecule has 0 radical (unpaired) electrons. The van der Waals surface area contributed by atoms with Crippen LogP contribution in [0.1, 0.15) is 5.56 Å². The Bertz CT molecular complexity index is 620. The molecule has 3 heteroatoms. The highest BCUT2D eigenvalue weighted by Crippen LogP contribution is 2.35. The van der Waals surface area contributed by atoms with Crippen molar-refractivity contribution in [3.8, 4) is 16.9 Å². The molecule has 1 aliphatic heterocycles. The van der Waals surface area contributed by atoms with Crippen LogP contribution in [-0.4, -0.2) is 13.0 Å². The maximum absolute atomic E-state index is 11.8. The van der Waals surface area contributed by atoms with E-state index in [-0.39, 0.29) is 5.91 Å². The van der Waals surface area contributed by atoms with E-state index < -0.39 is 0 Å². The molecule has 0 unspecified atom stereocenters. The number of para-hydroxylation sites is 1. The lowest BCUT2D eigenvalue weighted by Crippen LogP contribution is -2.12. The third kappa shape index (κ3) is 1.74. The molecule has 0 spiro atoms. The van der Waals surface area contributed by atoms with Gasteiger partial charge in [0.1, 0.15) is 5.75 Å². The Labute approximate surface area is 105 Å². The van der Waals surface area contributed by atoms with E-state index in [1.807, 2.05) is 42.5 Å². The van der Waals surface area contributed by atoms with Crippen molar-refractivity contribution < 1.29 is 9.53 Å². The maximum Gasteiger partial charge on any atom is 0.228 e. The van der Waals surface area contributed by atoms with E-state index in [0.29, 0.717) is 6.42 Å². The van der Waals surface area contributed by atoms with E-state index in [1.165, 1.54) is 0 Å². The van der Waals surface area contributed by atoms with Gasteiger partial charge in [-0.15, -0.1) is 0 Å². The van der Waals surface area contributed by atoms with Gasteiger partial charge in [0.15, 0.2) is 0 Å². The molecular formula is C15H13NO2. The lowest BCUT2D eigenvalue weighted by molar-refractivity contribution is -0.115. The van der Waals surface area contributed by atoms with Crippen LogP contribution >= 0.6 is 0 Å². The molecule has 3 nitrogen and oxygen atoms in total. The quantitative estimate of drug-likeness (QED) is 0.831. The van der Waals surface area contributed by atoms with Gasteiger partial charge in [0.2, 0.25) is 5.91 Å². The number of fused-ring (bicyclic) bond motifs is 3. The molecule has 0 saturated carbocycles. The average Bonchev–Trinajstić information content (AvgIpc) is 2.53. The molecule has 0 bridgehead atoms. The van der Waals surface area contributed by atoms with Crippen LogP contribution in [0, 0.1) is 0 Å². The second-order valence-corrected chi connectivity index (χ2v) is 4.29. The number of amides is 1. The van der Waals surface area contributed by atoms with Crippen LogP contribution in [0.25, 0.3) is 11.1 Å². The van der Waals surface area contributed by atoms with Gasteiger partial charge in [0, 0.05) is 11.3 Å². The van der Waals surface area contributed by atoms with E-state index in [1.54, 1.807) is 7.11 Å². The van der Waals surface area contributed by atoms with E-state index in [0.717, 1.165) is 28.1 Å².